The van der Waals surface area contributed by atoms with Crippen LogP contribution in [0.25, 0.3) is 0 Å². The predicted molar refractivity (Wildman–Crippen MR) is 120 cm³/mol. The molecule has 30 heavy (non-hydrogen) atoms. The molecule has 4 rings (SSSR count). The van der Waals surface area contributed by atoms with Gasteiger partial charge in [0.25, 0.3) is 5.91 Å². The van der Waals surface area contributed by atoms with E-state index in [9.17, 15) is 9.59 Å². The number of aryl methyl sites for hydroxylation is 2. The highest BCUT2D eigenvalue weighted by Gasteiger charge is 2.54. The van der Waals surface area contributed by atoms with Crippen LogP contribution in [0.2, 0.25) is 0 Å². The van der Waals surface area contributed by atoms with Gasteiger partial charge in [-0.05, 0) is 75.4 Å². The molecule has 2 aromatic carbocycles. The molecule has 158 valence electrons. The highest BCUT2D eigenvalue weighted by molar-refractivity contribution is 5.97. The van der Waals surface area contributed by atoms with Crippen molar-refractivity contribution in [2.75, 3.05) is 12.4 Å². The second-order valence-corrected chi connectivity index (χ2v) is 8.92. The Bertz CT molecular complexity index is 939. The van der Waals surface area contributed by atoms with E-state index in [4.69, 9.17) is 0 Å². The minimum atomic E-state index is -0.104. The summed E-state index contributed by atoms with van der Waals surface area (Å²) >= 11 is 0. The molecule has 1 unspecified atom stereocenters. The van der Waals surface area contributed by atoms with E-state index >= 15 is 0 Å². The lowest BCUT2D eigenvalue weighted by molar-refractivity contribution is -0.114. The van der Waals surface area contributed by atoms with Crippen molar-refractivity contribution in [3.63, 3.8) is 0 Å². The first kappa shape index (κ1) is 20.6. The van der Waals surface area contributed by atoms with Gasteiger partial charge in [-0.15, -0.1) is 0 Å². The molecule has 0 saturated carbocycles. The van der Waals surface area contributed by atoms with Crippen molar-refractivity contribution in [3.8, 4) is 0 Å². The molecule has 0 aromatic heterocycles. The number of likely N-dealkylation sites (N-methyl/N-ethyl adjacent to an activating group) is 1. The molecular weight excluding hydrogens is 374 g/mol. The lowest BCUT2D eigenvalue weighted by Crippen LogP contribution is -2.51. The average molecular weight is 406 g/mol. The van der Waals surface area contributed by atoms with Gasteiger partial charge in [0, 0.05) is 29.8 Å². The van der Waals surface area contributed by atoms with Crippen LogP contribution in [0.5, 0.6) is 0 Å². The van der Waals surface area contributed by atoms with E-state index in [-0.39, 0.29) is 23.4 Å². The molecule has 2 saturated heterocycles. The van der Waals surface area contributed by atoms with E-state index in [1.54, 1.807) is 0 Å². The Kier molecular flexibility index (Phi) is 5.41. The molecule has 2 heterocycles. The van der Waals surface area contributed by atoms with Crippen LogP contribution >= 0.6 is 0 Å². The lowest BCUT2D eigenvalue weighted by atomic mass is 9.78. The molecule has 0 radical (unpaired) electrons. The number of nitrogens with zero attached hydrogens (tertiary/aromatic N) is 1. The molecule has 2 N–H and O–H groups in total. The van der Waals surface area contributed by atoms with Crippen molar-refractivity contribution in [1.82, 2.24) is 10.2 Å². The zero-order chi connectivity index (χ0) is 21.5. The van der Waals surface area contributed by atoms with E-state index in [1.807, 2.05) is 56.3 Å². The summed E-state index contributed by atoms with van der Waals surface area (Å²) in [4.78, 5) is 27.3. The van der Waals surface area contributed by atoms with E-state index < -0.39 is 0 Å². The number of anilines is 1. The number of amides is 2. The molecule has 2 aliphatic rings. The zero-order valence-corrected chi connectivity index (χ0v) is 18.3. The number of hydrogen-bond acceptors (Lipinski definition) is 3. The molecule has 0 aliphatic carbocycles. The molecular formula is C25H31N3O2. The smallest absolute Gasteiger partial charge is 0.252 e. The first-order chi connectivity index (χ1) is 14.3. The van der Waals surface area contributed by atoms with E-state index in [0.29, 0.717) is 6.04 Å². The summed E-state index contributed by atoms with van der Waals surface area (Å²) in [6.45, 7) is 5.49. The minimum absolute atomic E-state index is 0.0142. The van der Waals surface area contributed by atoms with E-state index in [2.05, 4.69) is 22.6 Å². The van der Waals surface area contributed by atoms with Gasteiger partial charge in [0.05, 0.1) is 6.04 Å². The Hall–Kier alpha value is -2.66. The standard InChI is InChI=1S/C25H31N3O2/c1-16-6-5-7-17(2)22(16)24(30)27-23(25-14-12-21(13-15-25)28(25)4)19-8-10-20(11-9-19)26-18(3)29/h5-11,21,23H,12-15H2,1-4H3,(H,26,29)(H,27,30). The Morgan fingerprint density at radius 2 is 1.63 bits per heavy atom. The van der Waals surface area contributed by atoms with Crippen molar-refractivity contribution in [1.29, 1.82) is 0 Å². The van der Waals surface area contributed by atoms with Crippen LogP contribution in [-0.2, 0) is 4.79 Å². The largest absolute Gasteiger partial charge is 0.343 e. The number of carbonyl (C=O) groups excluding carboxylic acids is 2. The highest BCUT2D eigenvalue weighted by Crippen LogP contribution is 2.51. The average Bonchev–Trinajstić information content (AvgIpc) is 3.19. The van der Waals surface area contributed by atoms with Gasteiger partial charge >= 0.3 is 0 Å². The maximum atomic E-state index is 13.4. The summed E-state index contributed by atoms with van der Waals surface area (Å²) in [6, 6.07) is 14.4. The zero-order valence-electron chi connectivity index (χ0n) is 18.3. The Morgan fingerprint density at radius 3 is 2.13 bits per heavy atom. The van der Waals surface area contributed by atoms with Gasteiger partial charge in [-0.3, -0.25) is 14.5 Å². The topological polar surface area (TPSA) is 61.4 Å². The number of carbonyl (C=O) groups is 2. The third kappa shape index (κ3) is 3.52. The van der Waals surface area contributed by atoms with Gasteiger partial charge in [-0.25, -0.2) is 0 Å². The van der Waals surface area contributed by atoms with Gasteiger partial charge in [0.2, 0.25) is 5.91 Å². The van der Waals surface area contributed by atoms with Crippen LogP contribution in [0.3, 0.4) is 0 Å². The van der Waals surface area contributed by atoms with Crippen molar-refractivity contribution >= 4 is 17.5 Å². The van der Waals surface area contributed by atoms with Crippen molar-refractivity contribution in [3.05, 3.63) is 64.7 Å². The monoisotopic (exact) mass is 405 g/mol. The Labute approximate surface area is 178 Å². The maximum Gasteiger partial charge on any atom is 0.252 e. The molecule has 2 aromatic rings. The van der Waals surface area contributed by atoms with Gasteiger partial charge in [0.1, 0.15) is 0 Å². The SMILES string of the molecule is CC(=O)Nc1ccc(C(NC(=O)c2c(C)cccc2C)C23CCC(CC2)N3C)cc1. The number of benzene rings is 2. The summed E-state index contributed by atoms with van der Waals surface area (Å²) in [5.74, 6) is -0.102. The normalized spacial score (nSPS) is 23.9. The third-order valence-corrected chi connectivity index (χ3v) is 7.16. The first-order valence-corrected chi connectivity index (χ1v) is 10.8. The molecule has 5 nitrogen and oxygen atoms in total. The fourth-order valence-electron chi connectivity index (χ4n) is 5.56. The molecule has 2 aliphatic heterocycles. The Morgan fingerprint density at radius 1 is 1.03 bits per heavy atom. The Balaban J connectivity index is 1.70. The summed E-state index contributed by atoms with van der Waals surface area (Å²) in [7, 11) is 2.20. The van der Waals surface area contributed by atoms with Gasteiger partial charge in [-0.2, -0.15) is 0 Å². The summed E-state index contributed by atoms with van der Waals surface area (Å²) in [5.41, 5.74) is 4.55. The van der Waals surface area contributed by atoms with Crippen LogP contribution in [0.1, 0.15) is 65.7 Å². The second kappa shape index (κ2) is 7.88. The van der Waals surface area contributed by atoms with Crippen molar-refractivity contribution in [2.24, 2.45) is 0 Å². The van der Waals surface area contributed by atoms with Crippen LogP contribution in [0.15, 0.2) is 42.5 Å². The third-order valence-electron chi connectivity index (χ3n) is 7.16. The number of rotatable bonds is 5. The minimum Gasteiger partial charge on any atom is -0.343 e. The van der Waals surface area contributed by atoms with Crippen LogP contribution in [0.4, 0.5) is 5.69 Å². The maximum absolute atomic E-state index is 13.4. The first-order valence-electron chi connectivity index (χ1n) is 10.8. The van der Waals surface area contributed by atoms with Crippen LogP contribution in [-0.4, -0.2) is 35.3 Å². The summed E-state index contributed by atoms with van der Waals surface area (Å²) < 4.78 is 0. The molecule has 2 bridgehead atoms. The lowest BCUT2D eigenvalue weighted by Gasteiger charge is -2.41. The van der Waals surface area contributed by atoms with Crippen LogP contribution < -0.4 is 10.6 Å². The van der Waals surface area contributed by atoms with Gasteiger partial charge < -0.3 is 10.6 Å². The highest BCUT2D eigenvalue weighted by atomic mass is 16.2. The second-order valence-electron chi connectivity index (χ2n) is 8.92. The quantitative estimate of drug-likeness (QED) is 0.777. The van der Waals surface area contributed by atoms with Crippen LogP contribution in [0, 0.1) is 13.8 Å². The molecule has 2 fully saturated rings. The van der Waals surface area contributed by atoms with Crippen molar-refractivity contribution in [2.45, 2.75) is 64.1 Å². The molecule has 2 amide bonds. The fraction of sp³-hybridized carbons (Fsp3) is 0.440. The van der Waals surface area contributed by atoms with E-state index in [1.165, 1.54) is 19.8 Å². The molecule has 0 spiro atoms. The molecule has 1 atom stereocenters. The number of hydrogen-bond donors (Lipinski definition) is 2. The summed E-state index contributed by atoms with van der Waals surface area (Å²) in [5, 5.41) is 6.24. The number of fused-ring (bicyclic) bond motifs is 2. The number of nitrogens with one attached hydrogen (secondary N) is 2. The van der Waals surface area contributed by atoms with Gasteiger partial charge in [0.15, 0.2) is 0 Å². The van der Waals surface area contributed by atoms with Gasteiger partial charge in [-0.1, -0.05) is 30.3 Å². The fourth-order valence-corrected chi connectivity index (χ4v) is 5.56. The van der Waals surface area contributed by atoms with E-state index in [0.717, 1.165) is 40.8 Å². The predicted octanol–water partition coefficient (Wildman–Crippen LogP) is 4.36. The van der Waals surface area contributed by atoms with Crippen molar-refractivity contribution < 1.29 is 9.59 Å². The molecule has 5 heteroatoms. The summed E-state index contributed by atoms with van der Waals surface area (Å²) in [6.07, 6.45) is 4.52.